The molecule has 0 unspecified atom stereocenters. The SMILES string of the molecule is COC(=O)c1cc(CO)c(C#N)cc1S. The molecule has 78 valence electrons. The van der Waals surface area contributed by atoms with Crippen LogP contribution in [0.15, 0.2) is 17.0 Å². The highest BCUT2D eigenvalue weighted by Gasteiger charge is 2.13. The normalized spacial score (nSPS) is 9.47. The first-order valence-electron chi connectivity index (χ1n) is 4.09. The quantitative estimate of drug-likeness (QED) is 0.582. The monoisotopic (exact) mass is 223 g/mol. The van der Waals surface area contributed by atoms with E-state index in [1.165, 1.54) is 19.2 Å². The summed E-state index contributed by atoms with van der Waals surface area (Å²) in [4.78, 5) is 11.6. The number of nitrogens with zero attached hydrogens (tertiary/aromatic N) is 1. The maximum Gasteiger partial charge on any atom is 0.338 e. The number of carbonyl (C=O) groups excluding carboxylic acids is 1. The van der Waals surface area contributed by atoms with Gasteiger partial charge in [-0.3, -0.25) is 0 Å². The molecule has 0 atom stereocenters. The van der Waals surface area contributed by atoms with Gasteiger partial charge in [0.1, 0.15) is 0 Å². The van der Waals surface area contributed by atoms with E-state index in [-0.39, 0.29) is 12.2 Å². The molecule has 0 saturated carbocycles. The number of methoxy groups -OCH3 is 1. The molecule has 1 N–H and O–H groups in total. The Labute approximate surface area is 92.5 Å². The molecule has 0 radical (unpaired) electrons. The number of thiol groups is 1. The lowest BCUT2D eigenvalue weighted by atomic mass is 10.1. The van der Waals surface area contributed by atoms with Gasteiger partial charge in [-0.15, -0.1) is 12.6 Å². The van der Waals surface area contributed by atoms with Crippen LogP contribution in [0.4, 0.5) is 0 Å². The molecular weight excluding hydrogens is 214 g/mol. The summed E-state index contributed by atoms with van der Waals surface area (Å²) in [6.07, 6.45) is 0. The van der Waals surface area contributed by atoms with E-state index in [0.717, 1.165) is 0 Å². The maximum atomic E-state index is 11.3. The fourth-order valence-electron chi connectivity index (χ4n) is 1.14. The van der Waals surface area contributed by atoms with Crippen LogP contribution >= 0.6 is 12.6 Å². The predicted octanol–water partition coefficient (Wildman–Crippen LogP) is 1.13. The standard InChI is InChI=1S/C10H9NO3S/c1-14-10(13)8-2-7(5-12)6(4-11)3-9(8)15/h2-3,12,15H,5H2,1H3. The Hall–Kier alpha value is -1.51. The molecule has 0 aromatic heterocycles. The van der Waals surface area contributed by atoms with Gasteiger partial charge in [-0.25, -0.2) is 4.79 Å². The highest BCUT2D eigenvalue weighted by molar-refractivity contribution is 7.80. The van der Waals surface area contributed by atoms with Gasteiger partial charge < -0.3 is 9.84 Å². The Morgan fingerprint density at radius 1 is 1.67 bits per heavy atom. The van der Waals surface area contributed by atoms with Gasteiger partial charge in [-0.2, -0.15) is 5.26 Å². The van der Waals surface area contributed by atoms with Crippen LogP contribution in [0.1, 0.15) is 21.5 Å². The van der Waals surface area contributed by atoms with Crippen molar-refractivity contribution in [1.29, 1.82) is 5.26 Å². The van der Waals surface area contributed by atoms with Crippen molar-refractivity contribution in [2.45, 2.75) is 11.5 Å². The first kappa shape index (κ1) is 11.6. The van der Waals surface area contributed by atoms with Crippen molar-refractivity contribution >= 4 is 18.6 Å². The molecule has 0 heterocycles. The zero-order chi connectivity index (χ0) is 11.4. The molecule has 0 fully saturated rings. The summed E-state index contributed by atoms with van der Waals surface area (Å²) in [6.45, 7) is -0.305. The van der Waals surface area contributed by atoms with Gasteiger partial charge in [0.2, 0.25) is 0 Å². The van der Waals surface area contributed by atoms with Gasteiger partial charge in [0.15, 0.2) is 0 Å². The van der Waals surface area contributed by atoms with Gasteiger partial charge >= 0.3 is 5.97 Å². The second-order valence-corrected chi connectivity index (χ2v) is 3.27. The lowest BCUT2D eigenvalue weighted by Crippen LogP contribution is -2.05. The average Bonchev–Trinajstić information content (AvgIpc) is 2.27. The molecule has 1 rings (SSSR count). The second-order valence-electron chi connectivity index (χ2n) is 2.79. The van der Waals surface area contributed by atoms with Gasteiger partial charge in [0.25, 0.3) is 0 Å². The van der Waals surface area contributed by atoms with Crippen molar-refractivity contribution in [1.82, 2.24) is 0 Å². The third-order valence-electron chi connectivity index (χ3n) is 1.92. The van der Waals surface area contributed by atoms with E-state index < -0.39 is 5.97 Å². The summed E-state index contributed by atoms with van der Waals surface area (Å²) < 4.78 is 4.54. The number of aliphatic hydroxyl groups is 1. The number of aliphatic hydroxyl groups excluding tert-OH is 1. The van der Waals surface area contributed by atoms with Crippen molar-refractivity contribution in [2.24, 2.45) is 0 Å². The molecule has 0 bridgehead atoms. The van der Waals surface area contributed by atoms with Crippen LogP contribution in [-0.2, 0) is 11.3 Å². The summed E-state index contributed by atoms with van der Waals surface area (Å²) in [6, 6.07) is 4.75. The van der Waals surface area contributed by atoms with Gasteiger partial charge in [-0.1, -0.05) is 0 Å². The molecule has 5 heteroatoms. The van der Waals surface area contributed by atoms with Gasteiger partial charge in [-0.05, 0) is 17.7 Å². The van der Waals surface area contributed by atoms with Crippen molar-refractivity contribution < 1.29 is 14.6 Å². The number of hydrogen-bond donors (Lipinski definition) is 2. The lowest BCUT2D eigenvalue weighted by Gasteiger charge is -2.06. The Balaban J connectivity index is 3.33. The zero-order valence-electron chi connectivity index (χ0n) is 8.02. The molecular formula is C10H9NO3S. The molecule has 1 aromatic rings. The molecule has 4 nitrogen and oxygen atoms in total. The van der Waals surface area contributed by atoms with Crippen LogP contribution in [0.5, 0.6) is 0 Å². The minimum Gasteiger partial charge on any atom is -0.465 e. The van der Waals surface area contributed by atoms with E-state index in [9.17, 15) is 4.79 Å². The summed E-state index contributed by atoms with van der Waals surface area (Å²) in [5.41, 5.74) is 0.926. The topological polar surface area (TPSA) is 70.3 Å². The Kier molecular flexibility index (Phi) is 3.72. The van der Waals surface area contributed by atoms with Gasteiger partial charge in [0, 0.05) is 4.90 Å². The molecule has 0 amide bonds. The maximum absolute atomic E-state index is 11.3. The van der Waals surface area contributed by atoms with Crippen molar-refractivity contribution in [3.8, 4) is 6.07 Å². The fourth-order valence-corrected chi connectivity index (χ4v) is 1.43. The van der Waals surface area contributed by atoms with E-state index >= 15 is 0 Å². The smallest absolute Gasteiger partial charge is 0.338 e. The molecule has 1 aromatic carbocycles. The van der Waals surface area contributed by atoms with Crippen LogP contribution in [-0.4, -0.2) is 18.2 Å². The number of hydrogen-bond acceptors (Lipinski definition) is 5. The van der Waals surface area contributed by atoms with Crippen LogP contribution in [0.2, 0.25) is 0 Å². The van der Waals surface area contributed by atoms with Gasteiger partial charge in [0.05, 0.1) is 30.9 Å². The number of carbonyl (C=O) groups is 1. The summed E-state index contributed by atoms with van der Waals surface area (Å²) in [5, 5.41) is 17.7. The zero-order valence-corrected chi connectivity index (χ0v) is 8.91. The predicted molar refractivity (Wildman–Crippen MR) is 55.7 cm³/mol. The van der Waals surface area contributed by atoms with Crippen molar-refractivity contribution in [2.75, 3.05) is 7.11 Å². The summed E-state index contributed by atoms with van der Waals surface area (Å²) in [7, 11) is 1.26. The molecule has 15 heavy (non-hydrogen) atoms. The molecule has 0 spiro atoms. The van der Waals surface area contributed by atoms with Crippen LogP contribution in [0, 0.1) is 11.3 Å². The fraction of sp³-hybridized carbons (Fsp3) is 0.200. The average molecular weight is 223 g/mol. The Morgan fingerprint density at radius 3 is 2.80 bits per heavy atom. The lowest BCUT2D eigenvalue weighted by molar-refractivity contribution is 0.0596. The van der Waals surface area contributed by atoms with E-state index in [2.05, 4.69) is 17.4 Å². The van der Waals surface area contributed by atoms with Crippen LogP contribution < -0.4 is 0 Å². The highest BCUT2D eigenvalue weighted by atomic mass is 32.1. The highest BCUT2D eigenvalue weighted by Crippen LogP contribution is 2.20. The summed E-state index contributed by atoms with van der Waals surface area (Å²) in [5.74, 6) is -0.542. The number of nitriles is 1. The van der Waals surface area contributed by atoms with E-state index in [4.69, 9.17) is 10.4 Å². The van der Waals surface area contributed by atoms with Crippen LogP contribution in [0.3, 0.4) is 0 Å². The van der Waals surface area contributed by atoms with E-state index in [0.29, 0.717) is 16.0 Å². The number of esters is 1. The first-order valence-corrected chi connectivity index (χ1v) is 4.54. The van der Waals surface area contributed by atoms with E-state index in [1.807, 2.05) is 6.07 Å². The Bertz CT molecular complexity index is 437. The molecule has 0 aliphatic carbocycles. The minimum atomic E-state index is -0.542. The third kappa shape index (κ3) is 2.29. The largest absolute Gasteiger partial charge is 0.465 e. The van der Waals surface area contributed by atoms with Crippen molar-refractivity contribution in [3.63, 3.8) is 0 Å². The third-order valence-corrected chi connectivity index (χ3v) is 2.29. The number of ether oxygens (including phenoxy) is 1. The van der Waals surface area contributed by atoms with Crippen LogP contribution in [0.25, 0.3) is 0 Å². The van der Waals surface area contributed by atoms with E-state index in [1.54, 1.807) is 0 Å². The summed E-state index contributed by atoms with van der Waals surface area (Å²) >= 11 is 4.07. The Morgan fingerprint density at radius 2 is 2.33 bits per heavy atom. The number of rotatable bonds is 2. The second kappa shape index (κ2) is 4.82. The first-order chi connectivity index (χ1) is 7.13. The minimum absolute atomic E-state index is 0.240. The molecule has 0 aliphatic heterocycles. The molecule has 0 aliphatic rings. The number of benzene rings is 1. The van der Waals surface area contributed by atoms with Crippen molar-refractivity contribution in [3.05, 3.63) is 28.8 Å². The molecule has 0 saturated heterocycles.